The zero-order chi connectivity index (χ0) is 10.8. The van der Waals surface area contributed by atoms with Crippen LogP contribution in [0.2, 0.25) is 0 Å². The molecule has 1 fully saturated rings. The van der Waals surface area contributed by atoms with E-state index in [0.29, 0.717) is 30.1 Å². The summed E-state index contributed by atoms with van der Waals surface area (Å²) in [7, 11) is 1.55. The molecule has 1 aliphatic heterocycles. The number of alkyl halides is 1. The van der Waals surface area contributed by atoms with Gasteiger partial charge in [-0.25, -0.2) is 9.37 Å². The summed E-state index contributed by atoms with van der Waals surface area (Å²) in [5.74, 6) is 0.492. The SMILES string of the molecule is COc1nc(Br)cnc1CN1CC(F)C1. The minimum Gasteiger partial charge on any atom is -0.480 e. The van der Waals surface area contributed by atoms with Crippen LogP contribution in [0.4, 0.5) is 4.39 Å². The number of methoxy groups -OCH3 is 1. The molecule has 2 heterocycles. The fourth-order valence-electron chi connectivity index (χ4n) is 1.50. The van der Waals surface area contributed by atoms with Crippen LogP contribution in [0, 0.1) is 0 Å². The number of hydrogen-bond acceptors (Lipinski definition) is 4. The number of hydrogen-bond donors (Lipinski definition) is 0. The summed E-state index contributed by atoms with van der Waals surface area (Å²) in [6.07, 6.45) is 0.921. The van der Waals surface area contributed by atoms with E-state index in [1.807, 2.05) is 4.90 Å². The first-order valence-electron chi connectivity index (χ1n) is 4.61. The molecule has 15 heavy (non-hydrogen) atoms. The van der Waals surface area contributed by atoms with Crippen molar-refractivity contribution in [3.8, 4) is 5.88 Å². The van der Waals surface area contributed by atoms with Gasteiger partial charge in [-0.15, -0.1) is 0 Å². The van der Waals surface area contributed by atoms with Crippen LogP contribution in [0.15, 0.2) is 10.8 Å². The maximum atomic E-state index is 12.6. The highest BCUT2D eigenvalue weighted by Crippen LogP contribution is 2.21. The second-order valence-corrected chi connectivity index (χ2v) is 4.25. The summed E-state index contributed by atoms with van der Waals surface area (Å²) >= 11 is 3.22. The molecule has 2 rings (SSSR count). The molecule has 1 aliphatic rings. The summed E-state index contributed by atoms with van der Waals surface area (Å²) in [6, 6.07) is 0. The number of ether oxygens (including phenoxy) is 1. The number of aromatic nitrogens is 2. The highest BCUT2D eigenvalue weighted by atomic mass is 79.9. The van der Waals surface area contributed by atoms with E-state index in [0.717, 1.165) is 5.69 Å². The van der Waals surface area contributed by atoms with E-state index in [4.69, 9.17) is 4.74 Å². The first-order chi connectivity index (χ1) is 7.19. The van der Waals surface area contributed by atoms with E-state index >= 15 is 0 Å². The van der Waals surface area contributed by atoms with Crippen molar-refractivity contribution >= 4 is 15.9 Å². The van der Waals surface area contributed by atoms with E-state index in [1.54, 1.807) is 13.3 Å². The molecular weight excluding hydrogens is 265 g/mol. The quantitative estimate of drug-likeness (QED) is 0.836. The Morgan fingerprint density at radius 2 is 2.40 bits per heavy atom. The molecule has 0 atom stereocenters. The normalized spacial score (nSPS) is 17.5. The van der Waals surface area contributed by atoms with Crippen molar-refractivity contribution < 1.29 is 9.13 Å². The predicted molar refractivity (Wildman–Crippen MR) is 56.5 cm³/mol. The summed E-state index contributed by atoms with van der Waals surface area (Å²) in [5, 5.41) is 0. The molecule has 0 radical (unpaired) electrons. The van der Waals surface area contributed by atoms with Crippen molar-refractivity contribution in [2.24, 2.45) is 0 Å². The average molecular weight is 276 g/mol. The maximum absolute atomic E-state index is 12.6. The minimum atomic E-state index is -0.695. The molecule has 1 aromatic heterocycles. The molecule has 0 spiro atoms. The van der Waals surface area contributed by atoms with Crippen molar-refractivity contribution in [2.75, 3.05) is 20.2 Å². The van der Waals surface area contributed by atoms with Crippen LogP contribution in [-0.2, 0) is 6.54 Å². The monoisotopic (exact) mass is 275 g/mol. The van der Waals surface area contributed by atoms with Gasteiger partial charge >= 0.3 is 0 Å². The maximum Gasteiger partial charge on any atom is 0.237 e. The van der Waals surface area contributed by atoms with Crippen molar-refractivity contribution in [3.05, 3.63) is 16.5 Å². The van der Waals surface area contributed by atoms with Gasteiger partial charge in [-0.05, 0) is 15.9 Å². The smallest absolute Gasteiger partial charge is 0.237 e. The Bertz CT molecular complexity index is 357. The molecule has 1 saturated heterocycles. The number of nitrogens with zero attached hydrogens (tertiary/aromatic N) is 3. The van der Waals surface area contributed by atoms with Gasteiger partial charge in [-0.1, -0.05) is 0 Å². The van der Waals surface area contributed by atoms with Crippen LogP contribution in [0.3, 0.4) is 0 Å². The zero-order valence-corrected chi connectivity index (χ0v) is 9.87. The molecule has 0 unspecified atom stereocenters. The highest BCUT2D eigenvalue weighted by molar-refractivity contribution is 9.10. The van der Waals surface area contributed by atoms with E-state index < -0.39 is 6.17 Å². The van der Waals surface area contributed by atoms with Gasteiger partial charge in [0.15, 0.2) is 0 Å². The van der Waals surface area contributed by atoms with E-state index in [9.17, 15) is 4.39 Å². The van der Waals surface area contributed by atoms with Gasteiger partial charge in [0.1, 0.15) is 16.5 Å². The molecule has 0 N–H and O–H groups in total. The minimum absolute atomic E-state index is 0.473. The Morgan fingerprint density at radius 3 is 3.00 bits per heavy atom. The molecule has 0 bridgehead atoms. The van der Waals surface area contributed by atoms with Gasteiger partial charge in [-0.3, -0.25) is 9.88 Å². The topological polar surface area (TPSA) is 38.3 Å². The van der Waals surface area contributed by atoms with Crippen LogP contribution in [-0.4, -0.2) is 41.2 Å². The third kappa shape index (κ3) is 2.43. The van der Waals surface area contributed by atoms with Crippen molar-refractivity contribution in [3.63, 3.8) is 0 Å². The summed E-state index contributed by atoms with van der Waals surface area (Å²) in [6.45, 7) is 1.53. The lowest BCUT2D eigenvalue weighted by Gasteiger charge is -2.33. The Hall–Kier alpha value is -0.750. The number of halogens is 2. The van der Waals surface area contributed by atoms with Gasteiger partial charge in [0.2, 0.25) is 5.88 Å². The fraction of sp³-hybridized carbons (Fsp3) is 0.556. The highest BCUT2D eigenvalue weighted by Gasteiger charge is 2.27. The van der Waals surface area contributed by atoms with Crippen LogP contribution in [0.1, 0.15) is 5.69 Å². The lowest BCUT2D eigenvalue weighted by molar-refractivity contribution is 0.0571. The van der Waals surface area contributed by atoms with Gasteiger partial charge < -0.3 is 4.74 Å². The van der Waals surface area contributed by atoms with Gasteiger partial charge in [0, 0.05) is 19.6 Å². The fourth-order valence-corrected chi connectivity index (χ4v) is 1.76. The second-order valence-electron chi connectivity index (χ2n) is 3.44. The Labute approximate surface area is 95.6 Å². The van der Waals surface area contributed by atoms with E-state index in [2.05, 4.69) is 25.9 Å². The van der Waals surface area contributed by atoms with Crippen LogP contribution in [0.5, 0.6) is 5.88 Å². The van der Waals surface area contributed by atoms with Crippen LogP contribution in [0.25, 0.3) is 0 Å². The summed E-state index contributed by atoms with van der Waals surface area (Å²) in [4.78, 5) is 10.3. The molecule has 4 nitrogen and oxygen atoms in total. The van der Waals surface area contributed by atoms with Gasteiger partial charge in [0.25, 0.3) is 0 Å². The largest absolute Gasteiger partial charge is 0.480 e. The van der Waals surface area contributed by atoms with Crippen LogP contribution < -0.4 is 4.74 Å². The third-order valence-corrected chi connectivity index (χ3v) is 2.64. The van der Waals surface area contributed by atoms with Crippen molar-refractivity contribution in [2.45, 2.75) is 12.7 Å². The Kier molecular flexibility index (Phi) is 3.16. The molecule has 0 saturated carbocycles. The average Bonchev–Trinajstić information content (AvgIpc) is 2.18. The second kappa shape index (κ2) is 4.40. The third-order valence-electron chi connectivity index (χ3n) is 2.26. The van der Waals surface area contributed by atoms with E-state index in [-0.39, 0.29) is 0 Å². The number of rotatable bonds is 3. The van der Waals surface area contributed by atoms with Crippen molar-refractivity contribution in [1.29, 1.82) is 0 Å². The van der Waals surface area contributed by atoms with Gasteiger partial charge in [-0.2, -0.15) is 0 Å². The molecule has 0 aliphatic carbocycles. The molecular formula is C9H11BrFN3O. The Morgan fingerprint density at radius 1 is 1.67 bits per heavy atom. The molecule has 0 amide bonds. The Balaban J connectivity index is 2.07. The van der Waals surface area contributed by atoms with Crippen LogP contribution >= 0.6 is 15.9 Å². The number of likely N-dealkylation sites (tertiary alicyclic amines) is 1. The molecule has 82 valence electrons. The predicted octanol–water partition coefficient (Wildman–Crippen LogP) is 1.40. The zero-order valence-electron chi connectivity index (χ0n) is 8.28. The summed E-state index contributed by atoms with van der Waals surface area (Å²) in [5.41, 5.74) is 0.743. The molecule has 1 aromatic rings. The standard InChI is InChI=1S/C9H11BrFN3O/c1-15-9-7(12-2-8(10)13-9)5-14-3-6(11)4-14/h2,6H,3-5H2,1H3. The molecule has 0 aromatic carbocycles. The van der Waals surface area contributed by atoms with E-state index in [1.165, 1.54) is 0 Å². The van der Waals surface area contributed by atoms with Gasteiger partial charge in [0.05, 0.1) is 13.3 Å². The first-order valence-corrected chi connectivity index (χ1v) is 5.40. The first kappa shape index (κ1) is 10.8. The van der Waals surface area contributed by atoms with Crippen molar-refractivity contribution in [1.82, 2.24) is 14.9 Å². The summed E-state index contributed by atoms with van der Waals surface area (Å²) < 4.78 is 18.3. The lowest BCUT2D eigenvalue weighted by Crippen LogP contribution is -2.47. The molecule has 6 heteroatoms. The lowest BCUT2D eigenvalue weighted by atomic mass is 10.2.